The normalized spacial score (nSPS) is 23.9. The van der Waals surface area contributed by atoms with E-state index in [4.69, 9.17) is 9.73 Å². The molecule has 3 rings (SSSR count). The van der Waals surface area contributed by atoms with E-state index < -0.39 is 5.60 Å². The summed E-state index contributed by atoms with van der Waals surface area (Å²) in [6, 6.07) is 0.266. The molecule has 3 aliphatic rings. The molecule has 0 aromatic rings. The van der Waals surface area contributed by atoms with Crippen LogP contribution in [0.1, 0.15) is 46.5 Å². The molecule has 1 unspecified atom stereocenters. The quantitative estimate of drug-likeness (QED) is 0.593. The molecule has 0 aromatic heterocycles. The fourth-order valence-electron chi connectivity index (χ4n) is 4.68. The zero-order valence-corrected chi connectivity index (χ0v) is 20.5. The lowest BCUT2D eigenvalue weighted by Gasteiger charge is -2.40. The molecule has 0 spiro atoms. The third-order valence-electron chi connectivity index (χ3n) is 5.80. The average Bonchev–Trinajstić information content (AvgIpc) is 3.17. The molecule has 1 aliphatic carbocycles. The van der Waals surface area contributed by atoms with Crippen molar-refractivity contribution in [1.29, 1.82) is 0 Å². The second-order valence-electron chi connectivity index (χ2n) is 9.74. The molecule has 7 nitrogen and oxygen atoms in total. The number of halogens is 1. The summed E-state index contributed by atoms with van der Waals surface area (Å²) in [4.78, 5) is 23.6. The van der Waals surface area contributed by atoms with E-state index >= 15 is 0 Å². The first kappa shape index (κ1) is 23.5. The minimum atomic E-state index is -0.449. The van der Waals surface area contributed by atoms with Crippen LogP contribution in [0.5, 0.6) is 0 Å². The van der Waals surface area contributed by atoms with Gasteiger partial charge in [-0.25, -0.2) is 4.79 Å². The second kappa shape index (κ2) is 9.36. The van der Waals surface area contributed by atoms with Gasteiger partial charge in [-0.3, -0.25) is 4.99 Å². The SMILES string of the molecule is CN(C)CC1(CNC2=NCC3CN(C(=O)OC(C)(C)C)CCN23)CCCC1.I. The summed E-state index contributed by atoms with van der Waals surface area (Å²) in [6.45, 7) is 10.8. The zero-order valence-electron chi connectivity index (χ0n) is 18.2. The van der Waals surface area contributed by atoms with Gasteiger partial charge in [0.2, 0.25) is 0 Å². The molecular weight excluding hydrogens is 469 g/mol. The summed E-state index contributed by atoms with van der Waals surface area (Å²) in [6.07, 6.45) is 5.04. The molecule has 8 heteroatoms. The van der Waals surface area contributed by atoms with Gasteiger partial charge in [0, 0.05) is 38.1 Å². The lowest BCUT2D eigenvalue weighted by Crippen LogP contribution is -2.58. The number of hydrogen-bond acceptors (Lipinski definition) is 6. The zero-order chi connectivity index (χ0) is 19.7. The Labute approximate surface area is 187 Å². The van der Waals surface area contributed by atoms with Crippen LogP contribution in [0, 0.1) is 5.41 Å². The molecule has 2 fully saturated rings. The topological polar surface area (TPSA) is 60.4 Å². The second-order valence-corrected chi connectivity index (χ2v) is 9.74. The first-order valence-electron chi connectivity index (χ1n) is 10.4. The van der Waals surface area contributed by atoms with Gasteiger partial charge in [0.05, 0.1) is 12.6 Å². The summed E-state index contributed by atoms with van der Waals surface area (Å²) in [5, 5.41) is 3.67. The Morgan fingerprint density at radius 3 is 2.57 bits per heavy atom. The van der Waals surface area contributed by atoms with Gasteiger partial charge in [-0.1, -0.05) is 12.8 Å². The highest BCUT2D eigenvalue weighted by Crippen LogP contribution is 2.38. The molecule has 0 aromatic carbocycles. The van der Waals surface area contributed by atoms with Crippen LogP contribution in [-0.2, 0) is 4.74 Å². The van der Waals surface area contributed by atoms with Crippen LogP contribution < -0.4 is 5.32 Å². The van der Waals surface area contributed by atoms with Crippen molar-refractivity contribution >= 4 is 36.0 Å². The molecule has 1 saturated carbocycles. The number of hydrogen-bond donors (Lipinski definition) is 1. The Morgan fingerprint density at radius 1 is 1.29 bits per heavy atom. The third kappa shape index (κ3) is 5.87. The predicted molar refractivity (Wildman–Crippen MR) is 123 cm³/mol. The monoisotopic (exact) mass is 507 g/mol. The number of rotatable bonds is 4. The Hall–Kier alpha value is -0.770. The van der Waals surface area contributed by atoms with Crippen LogP contribution in [0.3, 0.4) is 0 Å². The largest absolute Gasteiger partial charge is 0.444 e. The van der Waals surface area contributed by atoms with Crippen LogP contribution in [0.2, 0.25) is 0 Å². The van der Waals surface area contributed by atoms with Gasteiger partial charge in [0.15, 0.2) is 5.96 Å². The average molecular weight is 507 g/mol. The Kier molecular flexibility index (Phi) is 7.86. The van der Waals surface area contributed by atoms with Crippen molar-refractivity contribution in [1.82, 2.24) is 20.0 Å². The van der Waals surface area contributed by atoms with E-state index in [1.807, 2.05) is 25.7 Å². The van der Waals surface area contributed by atoms with Crippen molar-refractivity contribution < 1.29 is 9.53 Å². The van der Waals surface area contributed by atoms with Crippen molar-refractivity contribution in [3.8, 4) is 0 Å². The molecule has 1 amide bonds. The number of guanidine groups is 1. The van der Waals surface area contributed by atoms with E-state index in [2.05, 4.69) is 29.2 Å². The molecule has 1 saturated heterocycles. The molecule has 28 heavy (non-hydrogen) atoms. The van der Waals surface area contributed by atoms with E-state index in [-0.39, 0.29) is 36.1 Å². The van der Waals surface area contributed by atoms with Crippen molar-refractivity contribution in [2.75, 3.05) is 53.4 Å². The summed E-state index contributed by atoms with van der Waals surface area (Å²) < 4.78 is 5.53. The predicted octanol–water partition coefficient (Wildman–Crippen LogP) is 2.61. The smallest absolute Gasteiger partial charge is 0.410 e. The molecule has 1 N–H and O–H groups in total. The lowest BCUT2D eigenvalue weighted by molar-refractivity contribution is 0.0137. The number of carbonyl (C=O) groups is 1. The van der Waals surface area contributed by atoms with Crippen LogP contribution in [-0.4, -0.2) is 91.8 Å². The number of ether oxygens (including phenoxy) is 1. The fourth-order valence-corrected chi connectivity index (χ4v) is 4.68. The van der Waals surface area contributed by atoms with Crippen LogP contribution in [0.15, 0.2) is 4.99 Å². The van der Waals surface area contributed by atoms with E-state index in [1.165, 1.54) is 25.7 Å². The fraction of sp³-hybridized carbons (Fsp3) is 0.900. The number of nitrogens with one attached hydrogen (secondary N) is 1. The van der Waals surface area contributed by atoms with Gasteiger partial charge < -0.3 is 24.8 Å². The van der Waals surface area contributed by atoms with Gasteiger partial charge in [-0.05, 0) is 47.7 Å². The maximum Gasteiger partial charge on any atom is 0.410 e. The van der Waals surface area contributed by atoms with E-state index in [0.29, 0.717) is 18.5 Å². The standard InChI is InChI=1S/C20H37N5O2.HI/c1-19(2,3)27-18(26)24-10-11-25-16(13-24)12-21-17(25)22-14-20(15-23(4)5)8-6-7-9-20;/h16H,6-15H2,1-5H3,(H,21,22);1H. The molecule has 1 atom stereocenters. The molecule has 2 aliphatic heterocycles. The Balaban J connectivity index is 0.00000280. The maximum absolute atomic E-state index is 12.4. The van der Waals surface area contributed by atoms with Gasteiger partial charge in [-0.2, -0.15) is 0 Å². The number of carbonyl (C=O) groups excluding carboxylic acids is 1. The summed E-state index contributed by atoms with van der Waals surface area (Å²) in [5.41, 5.74) is -0.0857. The van der Waals surface area contributed by atoms with Gasteiger partial charge in [0.25, 0.3) is 0 Å². The maximum atomic E-state index is 12.4. The highest BCUT2D eigenvalue weighted by atomic mass is 127. The highest BCUT2D eigenvalue weighted by Gasteiger charge is 2.39. The Morgan fingerprint density at radius 2 is 1.96 bits per heavy atom. The molecule has 2 heterocycles. The van der Waals surface area contributed by atoms with Crippen molar-refractivity contribution in [2.24, 2.45) is 10.4 Å². The van der Waals surface area contributed by atoms with Crippen LogP contribution >= 0.6 is 24.0 Å². The molecule has 0 bridgehead atoms. The number of piperazine rings is 1. The first-order chi connectivity index (χ1) is 12.7. The Bertz CT molecular complexity index is 569. The first-order valence-corrected chi connectivity index (χ1v) is 10.4. The van der Waals surface area contributed by atoms with Gasteiger partial charge in [-0.15, -0.1) is 24.0 Å². The number of nitrogens with zero attached hydrogens (tertiary/aromatic N) is 4. The minimum absolute atomic E-state index is 0. The lowest BCUT2D eigenvalue weighted by atomic mass is 9.85. The summed E-state index contributed by atoms with van der Waals surface area (Å²) >= 11 is 0. The molecular formula is C20H38IN5O2. The summed E-state index contributed by atoms with van der Waals surface area (Å²) in [7, 11) is 4.33. The van der Waals surface area contributed by atoms with Crippen LogP contribution in [0.4, 0.5) is 4.79 Å². The highest BCUT2D eigenvalue weighted by molar-refractivity contribution is 14.0. The minimum Gasteiger partial charge on any atom is -0.444 e. The number of aliphatic imine (C=N–C) groups is 1. The summed E-state index contributed by atoms with van der Waals surface area (Å²) in [5.74, 6) is 1.02. The van der Waals surface area contributed by atoms with Crippen molar-refractivity contribution in [3.63, 3.8) is 0 Å². The van der Waals surface area contributed by atoms with Crippen molar-refractivity contribution in [2.45, 2.75) is 58.1 Å². The number of fused-ring (bicyclic) bond motifs is 1. The molecule has 162 valence electrons. The van der Waals surface area contributed by atoms with Crippen LogP contribution in [0.25, 0.3) is 0 Å². The molecule has 0 radical (unpaired) electrons. The number of amides is 1. The van der Waals surface area contributed by atoms with Gasteiger partial charge in [0.1, 0.15) is 5.60 Å². The van der Waals surface area contributed by atoms with E-state index in [1.54, 1.807) is 0 Å². The van der Waals surface area contributed by atoms with Crippen molar-refractivity contribution in [3.05, 3.63) is 0 Å². The third-order valence-corrected chi connectivity index (χ3v) is 5.80. The van der Waals surface area contributed by atoms with E-state index in [0.717, 1.165) is 32.1 Å². The van der Waals surface area contributed by atoms with Gasteiger partial charge >= 0.3 is 6.09 Å². The van der Waals surface area contributed by atoms with E-state index in [9.17, 15) is 4.79 Å².